The zero-order chi connectivity index (χ0) is 17.1. The molecule has 126 valence electrons. The van der Waals surface area contributed by atoms with Crippen LogP contribution >= 0.6 is 11.8 Å². The van der Waals surface area contributed by atoms with Crippen LogP contribution in [0.4, 0.5) is 0 Å². The van der Waals surface area contributed by atoms with Gasteiger partial charge in [-0.25, -0.2) is 4.79 Å². The number of hydrogen-bond acceptors (Lipinski definition) is 5. The Morgan fingerprint density at radius 1 is 1.38 bits per heavy atom. The number of nitrogens with zero attached hydrogens (tertiary/aromatic N) is 1. The van der Waals surface area contributed by atoms with E-state index in [0.29, 0.717) is 11.3 Å². The Morgan fingerprint density at radius 2 is 2.17 bits per heavy atom. The highest BCUT2D eigenvalue weighted by Gasteiger charge is 2.48. The van der Waals surface area contributed by atoms with Gasteiger partial charge in [0.15, 0.2) is 6.61 Å². The number of para-hydroxylation sites is 1. The van der Waals surface area contributed by atoms with Crippen LogP contribution in [0.3, 0.4) is 0 Å². The normalized spacial score (nSPS) is 21.7. The van der Waals surface area contributed by atoms with Crippen LogP contribution in [0, 0.1) is 0 Å². The van der Waals surface area contributed by atoms with Crippen LogP contribution in [0.25, 0.3) is 0 Å². The van der Waals surface area contributed by atoms with E-state index in [-0.39, 0.29) is 23.6 Å². The second kappa shape index (κ2) is 6.96. The lowest BCUT2D eigenvalue weighted by Gasteiger charge is -2.46. The summed E-state index contributed by atoms with van der Waals surface area (Å²) < 4.78 is 5.18. The van der Waals surface area contributed by atoms with Gasteiger partial charge in [-0.3, -0.25) is 9.59 Å². The van der Waals surface area contributed by atoms with Crippen molar-refractivity contribution < 1.29 is 24.2 Å². The summed E-state index contributed by atoms with van der Waals surface area (Å²) in [4.78, 5) is 36.5. The number of benzene rings is 1. The van der Waals surface area contributed by atoms with Crippen LogP contribution < -0.4 is 10.1 Å². The summed E-state index contributed by atoms with van der Waals surface area (Å²) in [7, 11) is 0. The molecule has 0 aliphatic carbocycles. The van der Waals surface area contributed by atoms with E-state index >= 15 is 0 Å². The summed E-state index contributed by atoms with van der Waals surface area (Å²) in [6.07, 6.45) is 3.68. The summed E-state index contributed by atoms with van der Waals surface area (Å²) in [5.74, 6) is -0.336. The molecule has 0 aromatic heterocycles. The zero-order valence-electron chi connectivity index (χ0n) is 12.7. The molecule has 1 fully saturated rings. The van der Waals surface area contributed by atoms with Crippen molar-refractivity contribution in [3.63, 3.8) is 0 Å². The van der Waals surface area contributed by atoms with Gasteiger partial charge in [0.25, 0.3) is 5.91 Å². The first-order valence-electron chi connectivity index (χ1n) is 7.38. The lowest BCUT2D eigenvalue weighted by molar-refractivity contribution is -0.144. The first-order valence-corrected chi connectivity index (χ1v) is 8.43. The van der Waals surface area contributed by atoms with Gasteiger partial charge in [0, 0.05) is 17.5 Å². The second-order valence-corrected chi connectivity index (χ2v) is 6.52. The number of carboxylic acid groups (broad SMARTS) is 1. The third kappa shape index (κ3) is 3.38. The number of hydrogen-bond donors (Lipinski definition) is 2. The smallest absolute Gasteiger partial charge is 0.341 e. The van der Waals surface area contributed by atoms with Gasteiger partial charge in [-0.2, -0.15) is 0 Å². The number of aliphatic carboxylic acids is 1. The molecule has 1 aromatic rings. The van der Waals surface area contributed by atoms with E-state index in [4.69, 9.17) is 9.84 Å². The Bertz CT molecular complexity index is 705. The molecule has 0 spiro atoms. The third-order valence-electron chi connectivity index (χ3n) is 3.70. The highest BCUT2D eigenvalue weighted by molar-refractivity contribution is 8.00. The summed E-state index contributed by atoms with van der Waals surface area (Å²) in [6, 6.07) is 6.25. The maximum Gasteiger partial charge on any atom is 0.341 e. The number of nitrogens with one attached hydrogen (secondary N) is 1. The number of carboxylic acids is 1. The van der Waals surface area contributed by atoms with E-state index < -0.39 is 18.6 Å². The van der Waals surface area contributed by atoms with Crippen molar-refractivity contribution in [2.45, 2.75) is 17.8 Å². The van der Waals surface area contributed by atoms with Crippen molar-refractivity contribution >= 4 is 29.5 Å². The second-order valence-electron chi connectivity index (χ2n) is 5.37. The molecule has 24 heavy (non-hydrogen) atoms. The largest absolute Gasteiger partial charge is 0.482 e. The van der Waals surface area contributed by atoms with E-state index in [0.717, 1.165) is 5.75 Å². The lowest BCUT2D eigenvalue weighted by Crippen LogP contribution is -2.68. The van der Waals surface area contributed by atoms with Crippen molar-refractivity contribution in [1.82, 2.24) is 10.2 Å². The zero-order valence-corrected chi connectivity index (χ0v) is 13.5. The Labute approximate surface area is 142 Å². The molecular formula is C16H16N2O5S. The Kier molecular flexibility index (Phi) is 4.75. The number of β-lactam (4-membered cyclic amide) rings is 1. The Morgan fingerprint density at radius 3 is 2.96 bits per heavy atom. The number of ether oxygens (including phenoxy) is 1. The molecule has 1 aromatic carbocycles. The fourth-order valence-corrected chi connectivity index (χ4v) is 3.70. The molecule has 0 bridgehead atoms. The molecule has 7 nitrogen and oxygen atoms in total. The first-order chi connectivity index (χ1) is 11.6. The summed E-state index contributed by atoms with van der Waals surface area (Å²) in [5.41, 5.74) is 0.580. The molecule has 2 heterocycles. The summed E-state index contributed by atoms with van der Waals surface area (Å²) >= 11 is 1.60. The van der Waals surface area contributed by atoms with Crippen LogP contribution in [-0.2, 0) is 20.8 Å². The average molecular weight is 348 g/mol. The molecule has 2 aliphatic rings. The predicted molar refractivity (Wildman–Crippen MR) is 87.4 cm³/mol. The predicted octanol–water partition coefficient (Wildman–Crippen LogP) is 0.606. The minimum atomic E-state index is -1.09. The lowest BCUT2D eigenvalue weighted by atomic mass is 10.1. The van der Waals surface area contributed by atoms with Gasteiger partial charge in [-0.15, -0.1) is 11.8 Å². The fraction of sp³-hybridized carbons (Fsp3) is 0.312. The molecule has 0 saturated carbocycles. The van der Waals surface area contributed by atoms with Crippen molar-refractivity contribution in [3.8, 4) is 5.75 Å². The van der Waals surface area contributed by atoms with Gasteiger partial charge in [-0.1, -0.05) is 24.3 Å². The van der Waals surface area contributed by atoms with Crippen LogP contribution in [0.5, 0.6) is 5.75 Å². The number of fused-ring (bicyclic) bond motifs is 1. The average Bonchev–Trinajstić information content (AvgIpc) is 2.58. The molecular weight excluding hydrogens is 332 g/mol. The maximum absolute atomic E-state index is 12.2. The van der Waals surface area contributed by atoms with Crippen LogP contribution in [0.15, 0.2) is 36.5 Å². The summed E-state index contributed by atoms with van der Waals surface area (Å²) in [5, 5.41) is 11.4. The SMILES string of the molecule is O=C(O)COc1ccccc1CC(=O)NC1C(=O)N2C=CCS[C@H]12. The summed E-state index contributed by atoms with van der Waals surface area (Å²) in [6.45, 7) is -0.472. The minimum Gasteiger partial charge on any atom is -0.482 e. The molecule has 1 unspecified atom stereocenters. The van der Waals surface area contributed by atoms with Gasteiger partial charge in [0.1, 0.15) is 17.2 Å². The molecule has 0 radical (unpaired) electrons. The number of amides is 2. The third-order valence-corrected chi connectivity index (χ3v) is 4.93. The van der Waals surface area contributed by atoms with E-state index in [2.05, 4.69) is 5.32 Å². The van der Waals surface area contributed by atoms with Crippen molar-refractivity contribution in [1.29, 1.82) is 0 Å². The standard InChI is InChI=1S/C16H16N2O5S/c19-12(17-14-15(22)18-6-3-7-24-16(14)18)8-10-4-1-2-5-11(10)23-9-13(20)21/h1-6,14,16H,7-9H2,(H,17,19)(H,20,21)/t14?,16-/m1/s1. The molecule has 2 atom stereocenters. The first kappa shape index (κ1) is 16.4. The molecule has 2 amide bonds. The van der Waals surface area contributed by atoms with Gasteiger partial charge in [-0.05, 0) is 6.07 Å². The van der Waals surface area contributed by atoms with E-state index in [1.807, 2.05) is 6.08 Å². The van der Waals surface area contributed by atoms with Crippen LogP contribution in [0.2, 0.25) is 0 Å². The fourth-order valence-electron chi connectivity index (χ4n) is 2.59. The number of rotatable bonds is 6. The maximum atomic E-state index is 12.2. The number of carbonyl (C=O) groups is 3. The van der Waals surface area contributed by atoms with E-state index in [1.54, 1.807) is 47.1 Å². The van der Waals surface area contributed by atoms with Crippen molar-refractivity contribution in [2.75, 3.05) is 12.4 Å². The van der Waals surface area contributed by atoms with Gasteiger partial charge < -0.3 is 20.1 Å². The monoisotopic (exact) mass is 348 g/mol. The van der Waals surface area contributed by atoms with Crippen molar-refractivity contribution in [3.05, 3.63) is 42.1 Å². The molecule has 2 aliphatic heterocycles. The van der Waals surface area contributed by atoms with Gasteiger partial charge in [0.05, 0.1) is 6.42 Å². The molecule has 1 saturated heterocycles. The number of thioether (sulfide) groups is 1. The van der Waals surface area contributed by atoms with Crippen LogP contribution in [-0.4, -0.2) is 51.6 Å². The van der Waals surface area contributed by atoms with Crippen LogP contribution in [0.1, 0.15) is 5.56 Å². The highest BCUT2D eigenvalue weighted by atomic mass is 32.2. The topological polar surface area (TPSA) is 95.9 Å². The van der Waals surface area contributed by atoms with Gasteiger partial charge >= 0.3 is 5.97 Å². The Hall–Kier alpha value is -2.48. The van der Waals surface area contributed by atoms with Gasteiger partial charge in [0.2, 0.25) is 5.91 Å². The Balaban J connectivity index is 1.60. The minimum absolute atomic E-state index is 0.0206. The quantitative estimate of drug-likeness (QED) is 0.731. The highest BCUT2D eigenvalue weighted by Crippen LogP contribution is 2.33. The molecule has 2 N–H and O–H groups in total. The number of carbonyl (C=O) groups excluding carboxylic acids is 2. The van der Waals surface area contributed by atoms with E-state index in [1.165, 1.54) is 0 Å². The molecule has 8 heteroatoms. The van der Waals surface area contributed by atoms with Crippen molar-refractivity contribution in [2.24, 2.45) is 0 Å². The molecule has 3 rings (SSSR count). The van der Waals surface area contributed by atoms with E-state index in [9.17, 15) is 14.4 Å².